The van der Waals surface area contributed by atoms with Crippen molar-refractivity contribution in [2.24, 2.45) is 0 Å². The molecule has 0 radical (unpaired) electrons. The van der Waals surface area contributed by atoms with Gasteiger partial charge in [-0.15, -0.1) is 0 Å². The largest absolute Gasteiger partial charge is 0.490 e. The minimum atomic E-state index is 0.158. The Bertz CT molecular complexity index is 480. The zero-order valence-corrected chi connectivity index (χ0v) is 11.9. The average molecular weight is 300 g/mol. The second-order valence-corrected chi connectivity index (χ2v) is 6.04. The number of halogens is 2. The van der Waals surface area contributed by atoms with Gasteiger partial charge in [-0.2, -0.15) is 0 Å². The molecule has 0 aliphatic carbocycles. The lowest BCUT2D eigenvalue weighted by atomic mass is 10.0. The first-order valence-corrected chi connectivity index (χ1v) is 7.27. The van der Waals surface area contributed by atoms with Crippen molar-refractivity contribution in [1.29, 1.82) is 0 Å². The van der Waals surface area contributed by atoms with Gasteiger partial charge in [-0.3, -0.25) is 4.79 Å². The highest BCUT2D eigenvalue weighted by Crippen LogP contribution is 2.36. The Hall–Kier alpha value is -0.930. The summed E-state index contributed by atoms with van der Waals surface area (Å²) in [7, 11) is 0. The van der Waals surface area contributed by atoms with Crippen LogP contribution in [0.25, 0.3) is 0 Å². The smallest absolute Gasteiger partial charge is 0.210 e. The van der Waals surface area contributed by atoms with Gasteiger partial charge in [-0.05, 0) is 25.0 Å². The summed E-state index contributed by atoms with van der Waals surface area (Å²) in [5, 5.41) is 1.04. The molecule has 0 N–H and O–H groups in total. The van der Waals surface area contributed by atoms with Crippen LogP contribution in [-0.4, -0.2) is 29.5 Å². The van der Waals surface area contributed by atoms with Crippen molar-refractivity contribution in [2.45, 2.75) is 43.9 Å². The highest BCUT2D eigenvalue weighted by Gasteiger charge is 2.40. The van der Waals surface area contributed by atoms with E-state index in [2.05, 4.69) is 0 Å². The molecular weight excluding hydrogens is 285 g/mol. The molecule has 2 fully saturated rings. The highest BCUT2D eigenvalue weighted by atomic mass is 35.5. The van der Waals surface area contributed by atoms with E-state index in [-0.39, 0.29) is 6.10 Å². The van der Waals surface area contributed by atoms with E-state index in [0.717, 1.165) is 37.8 Å². The van der Waals surface area contributed by atoms with Crippen LogP contribution in [0.4, 0.5) is 0 Å². The number of carbonyl (C=O) groups is 1. The van der Waals surface area contributed by atoms with Crippen molar-refractivity contribution in [2.75, 3.05) is 0 Å². The van der Waals surface area contributed by atoms with Crippen LogP contribution in [0, 0.1) is 0 Å². The van der Waals surface area contributed by atoms with Crippen LogP contribution in [0.2, 0.25) is 10.0 Å². The number of benzene rings is 1. The fourth-order valence-electron chi connectivity index (χ4n) is 3.17. The molecule has 0 spiro atoms. The lowest BCUT2D eigenvalue weighted by molar-refractivity contribution is -0.123. The highest BCUT2D eigenvalue weighted by molar-refractivity contribution is 6.42. The van der Waals surface area contributed by atoms with Gasteiger partial charge in [0.1, 0.15) is 11.9 Å². The van der Waals surface area contributed by atoms with Crippen molar-refractivity contribution < 1.29 is 9.53 Å². The van der Waals surface area contributed by atoms with E-state index in [4.69, 9.17) is 27.9 Å². The third-order valence-corrected chi connectivity index (χ3v) is 4.80. The quantitative estimate of drug-likeness (QED) is 0.799. The number of rotatable bonds is 3. The van der Waals surface area contributed by atoms with Gasteiger partial charge in [0.05, 0.1) is 10.0 Å². The maximum absolute atomic E-state index is 11.0. The number of nitrogens with zero attached hydrogens (tertiary/aromatic N) is 1. The van der Waals surface area contributed by atoms with Crippen LogP contribution in [0.1, 0.15) is 25.7 Å². The molecule has 2 bridgehead atoms. The van der Waals surface area contributed by atoms with Crippen LogP contribution in [-0.2, 0) is 4.79 Å². The molecular formula is C14H15Cl2NO2. The SMILES string of the molecule is O=CN1C2CCC1CC(Oc1ccc(Cl)c(Cl)c1)C2. The molecule has 2 unspecified atom stereocenters. The van der Waals surface area contributed by atoms with E-state index in [1.807, 2.05) is 11.0 Å². The lowest BCUT2D eigenvalue weighted by Crippen LogP contribution is -2.45. The maximum Gasteiger partial charge on any atom is 0.210 e. The number of amides is 1. The molecule has 2 atom stereocenters. The average Bonchev–Trinajstić information content (AvgIpc) is 2.64. The van der Waals surface area contributed by atoms with Gasteiger partial charge in [0.2, 0.25) is 6.41 Å². The molecule has 0 aromatic heterocycles. The van der Waals surface area contributed by atoms with Crippen LogP contribution >= 0.6 is 23.2 Å². The number of hydrogen-bond acceptors (Lipinski definition) is 2. The Morgan fingerprint density at radius 2 is 1.84 bits per heavy atom. The first-order chi connectivity index (χ1) is 9.17. The summed E-state index contributed by atoms with van der Waals surface area (Å²) in [5.41, 5.74) is 0. The number of carbonyl (C=O) groups excluding carboxylic acids is 1. The molecule has 2 aliphatic heterocycles. The van der Waals surface area contributed by atoms with Crippen molar-refractivity contribution in [3.8, 4) is 5.75 Å². The topological polar surface area (TPSA) is 29.5 Å². The molecule has 1 aromatic carbocycles. The molecule has 0 saturated carbocycles. The Morgan fingerprint density at radius 3 is 2.42 bits per heavy atom. The number of hydrogen-bond donors (Lipinski definition) is 0. The summed E-state index contributed by atoms with van der Waals surface area (Å²) in [6.07, 6.45) is 5.11. The molecule has 2 heterocycles. The summed E-state index contributed by atoms with van der Waals surface area (Å²) in [4.78, 5) is 13.0. The molecule has 2 aliphatic rings. The Kier molecular flexibility index (Phi) is 3.59. The van der Waals surface area contributed by atoms with Gasteiger partial charge in [0.15, 0.2) is 0 Å². The monoisotopic (exact) mass is 299 g/mol. The molecule has 1 aromatic rings. The van der Waals surface area contributed by atoms with Gasteiger partial charge in [0.25, 0.3) is 0 Å². The number of piperidine rings is 1. The van der Waals surface area contributed by atoms with Crippen LogP contribution < -0.4 is 4.74 Å². The zero-order valence-electron chi connectivity index (χ0n) is 10.4. The molecule has 3 nitrogen and oxygen atoms in total. The summed E-state index contributed by atoms with van der Waals surface area (Å²) in [5.74, 6) is 0.748. The second kappa shape index (κ2) is 5.22. The molecule has 19 heavy (non-hydrogen) atoms. The Balaban J connectivity index is 1.68. The predicted octanol–water partition coefficient (Wildman–Crippen LogP) is 3.52. The minimum absolute atomic E-state index is 0.158. The standard InChI is InChI=1S/C14H15Cl2NO2/c15-13-4-3-11(7-14(13)16)19-12-5-9-1-2-10(6-12)17(9)8-18/h3-4,7-10,12H,1-2,5-6H2. The fourth-order valence-corrected chi connectivity index (χ4v) is 3.46. The van der Waals surface area contributed by atoms with Crippen molar-refractivity contribution in [1.82, 2.24) is 4.90 Å². The fraction of sp³-hybridized carbons (Fsp3) is 0.500. The van der Waals surface area contributed by atoms with Crippen LogP contribution in [0.3, 0.4) is 0 Å². The van der Waals surface area contributed by atoms with E-state index in [0.29, 0.717) is 22.1 Å². The zero-order chi connectivity index (χ0) is 13.4. The summed E-state index contributed by atoms with van der Waals surface area (Å²) in [6, 6.07) is 6.00. The van der Waals surface area contributed by atoms with E-state index < -0.39 is 0 Å². The maximum atomic E-state index is 11.0. The van der Waals surface area contributed by atoms with Crippen molar-refractivity contribution in [3.63, 3.8) is 0 Å². The van der Waals surface area contributed by atoms with E-state index in [1.165, 1.54) is 0 Å². The number of ether oxygens (including phenoxy) is 1. The van der Waals surface area contributed by atoms with Gasteiger partial charge in [-0.25, -0.2) is 0 Å². The first-order valence-electron chi connectivity index (χ1n) is 6.52. The molecule has 5 heteroatoms. The van der Waals surface area contributed by atoms with E-state index in [9.17, 15) is 4.79 Å². The summed E-state index contributed by atoms with van der Waals surface area (Å²) < 4.78 is 5.98. The Labute approximate surface area is 122 Å². The van der Waals surface area contributed by atoms with Gasteiger partial charge in [0, 0.05) is 31.0 Å². The van der Waals surface area contributed by atoms with E-state index >= 15 is 0 Å². The predicted molar refractivity (Wildman–Crippen MR) is 74.8 cm³/mol. The van der Waals surface area contributed by atoms with E-state index in [1.54, 1.807) is 12.1 Å². The number of fused-ring (bicyclic) bond motifs is 2. The summed E-state index contributed by atoms with van der Waals surface area (Å²) >= 11 is 11.9. The lowest BCUT2D eigenvalue weighted by Gasteiger charge is -2.36. The normalized spacial score (nSPS) is 29.4. The third kappa shape index (κ3) is 2.54. The molecule has 102 valence electrons. The molecule has 3 rings (SSSR count). The van der Waals surface area contributed by atoms with Gasteiger partial charge >= 0.3 is 0 Å². The first kappa shape index (κ1) is 13.1. The van der Waals surface area contributed by atoms with Crippen LogP contribution in [0.5, 0.6) is 5.75 Å². The summed E-state index contributed by atoms with van der Waals surface area (Å²) in [6.45, 7) is 0. The Morgan fingerprint density at radius 1 is 1.16 bits per heavy atom. The van der Waals surface area contributed by atoms with Crippen molar-refractivity contribution >= 4 is 29.6 Å². The van der Waals surface area contributed by atoms with Gasteiger partial charge in [-0.1, -0.05) is 23.2 Å². The van der Waals surface area contributed by atoms with Crippen LogP contribution in [0.15, 0.2) is 18.2 Å². The van der Waals surface area contributed by atoms with Gasteiger partial charge < -0.3 is 9.64 Å². The minimum Gasteiger partial charge on any atom is -0.490 e. The molecule has 2 saturated heterocycles. The van der Waals surface area contributed by atoms with Crippen molar-refractivity contribution in [3.05, 3.63) is 28.2 Å². The third-order valence-electron chi connectivity index (χ3n) is 4.06. The molecule has 1 amide bonds. The second-order valence-electron chi connectivity index (χ2n) is 5.22.